The maximum Gasteiger partial charge on any atom is 0.246 e. The molecule has 4 atom stereocenters. The van der Waals surface area contributed by atoms with Crippen molar-refractivity contribution in [3.05, 3.63) is 59.2 Å². The second-order valence-electron chi connectivity index (χ2n) is 17.0. The molecule has 2 N–H and O–H groups in total. The van der Waals surface area contributed by atoms with Crippen molar-refractivity contribution in [1.29, 1.82) is 0 Å². The number of fused-ring (bicyclic) bond motifs is 2. The summed E-state index contributed by atoms with van der Waals surface area (Å²) in [6.45, 7) is 11.0. The maximum absolute atomic E-state index is 14.0. The number of nitrogens with one attached hydrogen (secondary N) is 2. The number of H-pyrrole nitrogens is 2. The van der Waals surface area contributed by atoms with Crippen LogP contribution in [0.4, 0.5) is 0 Å². The van der Waals surface area contributed by atoms with Gasteiger partial charge in [-0.1, -0.05) is 39.5 Å². The Balaban J connectivity index is 0.977. The van der Waals surface area contributed by atoms with Gasteiger partial charge in [0.2, 0.25) is 23.6 Å². The van der Waals surface area contributed by atoms with E-state index in [1.165, 1.54) is 0 Å². The fourth-order valence-electron chi connectivity index (χ4n) is 9.29. The van der Waals surface area contributed by atoms with Crippen LogP contribution in [0.2, 0.25) is 0 Å². The molecular weight excluding hydrogens is 705 g/mol. The molecule has 0 aliphatic carbocycles. The lowest BCUT2D eigenvalue weighted by Gasteiger charge is -2.33. The molecule has 12 heteroatoms. The molecule has 4 saturated heterocycles. The smallest absolute Gasteiger partial charge is 0.246 e. The fraction of sp³-hybridized carbons (Fsp3) is 0.545. The summed E-state index contributed by atoms with van der Waals surface area (Å²) in [6, 6.07) is 10.7. The molecule has 294 valence electrons. The van der Waals surface area contributed by atoms with Gasteiger partial charge < -0.3 is 29.6 Å². The van der Waals surface area contributed by atoms with Crippen molar-refractivity contribution >= 4 is 45.7 Å². The van der Waals surface area contributed by atoms with Crippen molar-refractivity contribution in [2.24, 2.45) is 11.8 Å². The first kappa shape index (κ1) is 37.7. The van der Waals surface area contributed by atoms with E-state index < -0.39 is 12.1 Å². The van der Waals surface area contributed by atoms with Gasteiger partial charge in [0.25, 0.3) is 0 Å². The van der Waals surface area contributed by atoms with Gasteiger partial charge in [0, 0.05) is 50.1 Å². The van der Waals surface area contributed by atoms with E-state index in [1.807, 2.05) is 46.2 Å². The van der Waals surface area contributed by atoms with Crippen molar-refractivity contribution in [3.8, 4) is 11.8 Å². The number of aromatic amines is 2. The van der Waals surface area contributed by atoms with Crippen LogP contribution >= 0.6 is 0 Å². The van der Waals surface area contributed by atoms with Gasteiger partial charge in [0.05, 0.1) is 34.2 Å². The van der Waals surface area contributed by atoms with Crippen molar-refractivity contribution in [1.82, 2.24) is 39.5 Å². The highest BCUT2D eigenvalue weighted by molar-refractivity contribution is 5.90. The lowest BCUT2D eigenvalue weighted by atomic mass is 10.0. The van der Waals surface area contributed by atoms with E-state index in [1.54, 1.807) is 9.80 Å². The highest BCUT2D eigenvalue weighted by Crippen LogP contribution is 2.36. The van der Waals surface area contributed by atoms with Gasteiger partial charge in [-0.2, -0.15) is 0 Å². The number of nitrogens with zero attached hydrogens (tertiary/aromatic N) is 6. The zero-order valence-corrected chi connectivity index (χ0v) is 33.1. The first-order valence-electron chi connectivity index (χ1n) is 20.7. The van der Waals surface area contributed by atoms with Gasteiger partial charge in [-0.3, -0.25) is 19.2 Å². The minimum atomic E-state index is -0.425. The van der Waals surface area contributed by atoms with E-state index in [4.69, 9.17) is 9.97 Å². The Morgan fingerprint density at radius 2 is 1.09 bits per heavy atom. The Labute approximate surface area is 328 Å². The first-order chi connectivity index (χ1) is 27.0. The summed E-state index contributed by atoms with van der Waals surface area (Å²) in [7, 11) is 0. The average Bonchev–Trinajstić information content (AvgIpc) is 4.02. The maximum atomic E-state index is 14.0. The summed E-state index contributed by atoms with van der Waals surface area (Å²) in [5.41, 5.74) is 5.04. The van der Waals surface area contributed by atoms with Crippen molar-refractivity contribution in [2.75, 3.05) is 26.2 Å². The summed E-state index contributed by atoms with van der Waals surface area (Å²) in [5, 5.41) is 0. The number of likely N-dealkylation sites (tertiary alicyclic amines) is 4. The normalized spacial score (nSPS) is 21.3. The van der Waals surface area contributed by atoms with E-state index >= 15 is 0 Å². The van der Waals surface area contributed by atoms with E-state index in [9.17, 15) is 19.2 Å². The Morgan fingerprint density at radius 3 is 1.46 bits per heavy atom. The number of carbonyl (C=O) groups excluding carboxylic acids is 4. The zero-order valence-electron chi connectivity index (χ0n) is 33.1. The standard InChI is InChI=1S/C44H54N8O4/c1-27(2)23-37(49-19-7-11-39(49)53)43(55)51-21-5-9-35(51)41-45-31-17-15-29(25-33(31)47-41)13-14-30-16-18-32-34(26-30)48-42(46-32)36-10-6-22-52(36)44(56)38(24-28(3)4)50-20-8-12-40(50)54/h15-18,25-28,35-38H,5-12,19-24H2,1-4H3,(H,45,47)(H,46,48)/t35-,36-,37-,38-/m0/s1. The van der Waals surface area contributed by atoms with Crippen molar-refractivity contribution in [2.45, 2.75) is 116 Å². The van der Waals surface area contributed by atoms with Crippen molar-refractivity contribution in [3.63, 3.8) is 0 Å². The van der Waals surface area contributed by atoms with E-state index in [0.717, 1.165) is 83.4 Å². The number of hydrogen-bond acceptors (Lipinski definition) is 6. The number of hydrogen-bond donors (Lipinski definition) is 2. The monoisotopic (exact) mass is 758 g/mol. The van der Waals surface area contributed by atoms with E-state index in [0.29, 0.717) is 63.7 Å². The highest BCUT2D eigenvalue weighted by Gasteiger charge is 2.42. The van der Waals surface area contributed by atoms with Crippen LogP contribution in [-0.2, 0) is 19.2 Å². The summed E-state index contributed by atoms with van der Waals surface area (Å²) >= 11 is 0. The van der Waals surface area contributed by atoms with Crippen LogP contribution in [0.5, 0.6) is 0 Å². The molecule has 12 nitrogen and oxygen atoms in total. The van der Waals surface area contributed by atoms with Crippen LogP contribution in [0.1, 0.15) is 127 Å². The van der Waals surface area contributed by atoms with Crippen LogP contribution < -0.4 is 0 Å². The third-order valence-corrected chi connectivity index (χ3v) is 12.0. The molecule has 0 spiro atoms. The molecule has 6 heterocycles. The Bertz CT molecular complexity index is 2060. The highest BCUT2D eigenvalue weighted by atomic mass is 16.2. The second-order valence-corrected chi connectivity index (χ2v) is 17.0. The van der Waals surface area contributed by atoms with Crippen LogP contribution in [0.3, 0.4) is 0 Å². The van der Waals surface area contributed by atoms with Crippen LogP contribution in [0.25, 0.3) is 22.1 Å². The number of benzene rings is 2. The molecule has 4 aliphatic heterocycles. The molecule has 4 fully saturated rings. The largest absolute Gasteiger partial charge is 0.340 e. The predicted octanol–water partition coefficient (Wildman–Crippen LogP) is 6.24. The van der Waals surface area contributed by atoms with Gasteiger partial charge in [-0.25, -0.2) is 9.97 Å². The summed E-state index contributed by atoms with van der Waals surface area (Å²) < 4.78 is 0. The number of rotatable bonds is 10. The van der Waals surface area contributed by atoms with Gasteiger partial charge in [-0.15, -0.1) is 0 Å². The van der Waals surface area contributed by atoms with Gasteiger partial charge >= 0.3 is 0 Å². The molecule has 2 aromatic heterocycles. The first-order valence-corrected chi connectivity index (χ1v) is 20.7. The van der Waals surface area contributed by atoms with E-state index in [-0.39, 0.29) is 35.7 Å². The van der Waals surface area contributed by atoms with Crippen LogP contribution in [0.15, 0.2) is 36.4 Å². The SMILES string of the molecule is CC(C)C[C@@H](C(=O)N1CCC[C@H]1c1nc2cc(C#Cc3ccc4[nH]c([C@@H]5CCCN5C(=O)[C@H](CC(C)C)N5CCCC5=O)nc4c3)ccc2[nH]1)N1CCCC1=O. The quantitative estimate of drug-likeness (QED) is 0.184. The number of carbonyl (C=O) groups is 4. The third-order valence-electron chi connectivity index (χ3n) is 12.0. The number of amides is 4. The molecule has 56 heavy (non-hydrogen) atoms. The summed E-state index contributed by atoms with van der Waals surface area (Å²) in [4.78, 5) is 77.8. The Hall–Kier alpha value is -5.18. The van der Waals surface area contributed by atoms with Crippen LogP contribution in [0, 0.1) is 23.7 Å². The minimum Gasteiger partial charge on any atom is -0.340 e. The minimum absolute atomic E-state index is 0.0315. The zero-order chi connectivity index (χ0) is 39.1. The van der Waals surface area contributed by atoms with Gasteiger partial charge in [0.1, 0.15) is 23.7 Å². The predicted molar refractivity (Wildman–Crippen MR) is 214 cm³/mol. The molecule has 4 amide bonds. The van der Waals surface area contributed by atoms with Gasteiger partial charge in [-0.05, 0) is 99.6 Å². The summed E-state index contributed by atoms with van der Waals surface area (Å²) in [5.74, 6) is 8.97. The molecule has 0 unspecified atom stereocenters. The van der Waals surface area contributed by atoms with Gasteiger partial charge in [0.15, 0.2) is 0 Å². The molecule has 4 aromatic rings. The van der Waals surface area contributed by atoms with Crippen LogP contribution in [-0.4, -0.2) is 101 Å². The lowest BCUT2D eigenvalue weighted by molar-refractivity contribution is -0.145. The van der Waals surface area contributed by atoms with E-state index in [2.05, 4.69) is 49.5 Å². The molecule has 8 rings (SSSR count). The topological polar surface area (TPSA) is 139 Å². The third kappa shape index (κ3) is 7.52. The average molecular weight is 759 g/mol. The molecular formula is C44H54N8O4. The van der Waals surface area contributed by atoms with Crippen molar-refractivity contribution < 1.29 is 19.2 Å². The molecule has 2 aromatic carbocycles. The summed E-state index contributed by atoms with van der Waals surface area (Å²) in [6.07, 6.45) is 7.41. The molecule has 4 aliphatic rings. The number of imidazole rings is 2. The molecule has 0 saturated carbocycles. The lowest BCUT2D eigenvalue weighted by Crippen LogP contribution is -2.49. The Morgan fingerprint density at radius 1 is 0.661 bits per heavy atom. The second kappa shape index (κ2) is 15.8. The molecule has 0 bridgehead atoms. The Kier molecular flexibility index (Phi) is 10.6. The fourth-order valence-corrected chi connectivity index (χ4v) is 9.29. The molecule has 0 radical (unpaired) electrons. The number of aromatic nitrogens is 4.